The van der Waals surface area contributed by atoms with E-state index in [-0.39, 0.29) is 5.41 Å². The van der Waals surface area contributed by atoms with Crippen molar-refractivity contribution in [2.75, 3.05) is 19.6 Å². The van der Waals surface area contributed by atoms with Crippen molar-refractivity contribution in [3.63, 3.8) is 0 Å². The number of hydrogen-bond donors (Lipinski definition) is 0. The molecule has 0 aliphatic carbocycles. The lowest BCUT2D eigenvalue weighted by molar-refractivity contribution is -0.121. The molecule has 1 fully saturated rings. The molecule has 0 amide bonds. The number of carbonyl (C=O) groups excluding carboxylic acids is 1. The van der Waals surface area contributed by atoms with E-state index in [1.807, 2.05) is 0 Å². The first-order valence-corrected chi connectivity index (χ1v) is 8.28. The standard InChI is InChI=1S/C20H29NO/c1-15(14-21-12-10-19(22)11-13-21)16(2)17-6-8-18(9-7-17)20(3,4)5/h6-9H,10-14H2,1-5H3. The fourth-order valence-corrected chi connectivity index (χ4v) is 2.88. The molecule has 1 aliphatic heterocycles. The van der Waals surface area contributed by atoms with E-state index in [0.29, 0.717) is 18.6 Å². The Morgan fingerprint density at radius 1 is 1.05 bits per heavy atom. The van der Waals surface area contributed by atoms with E-state index >= 15 is 0 Å². The Morgan fingerprint density at radius 3 is 2.09 bits per heavy atom. The molecule has 0 bridgehead atoms. The maximum Gasteiger partial charge on any atom is 0.135 e. The number of ketones is 1. The third-order valence-corrected chi connectivity index (χ3v) is 4.70. The van der Waals surface area contributed by atoms with Crippen LogP contribution in [-0.2, 0) is 10.2 Å². The van der Waals surface area contributed by atoms with Crippen LogP contribution in [0.5, 0.6) is 0 Å². The van der Waals surface area contributed by atoms with Gasteiger partial charge in [-0.3, -0.25) is 9.69 Å². The molecule has 22 heavy (non-hydrogen) atoms. The second-order valence-electron chi connectivity index (χ2n) is 7.55. The SMILES string of the molecule is CC(CN1CCC(=O)CC1)=C(C)c1ccc(C(C)(C)C)cc1. The van der Waals surface area contributed by atoms with Gasteiger partial charge in [0.05, 0.1) is 0 Å². The summed E-state index contributed by atoms with van der Waals surface area (Å²) in [5, 5.41) is 0. The summed E-state index contributed by atoms with van der Waals surface area (Å²) in [6, 6.07) is 8.95. The highest BCUT2D eigenvalue weighted by molar-refractivity contribution is 5.79. The highest BCUT2D eigenvalue weighted by Gasteiger charge is 2.17. The zero-order valence-electron chi connectivity index (χ0n) is 14.7. The minimum Gasteiger partial charge on any atom is -0.300 e. The molecule has 0 saturated carbocycles. The van der Waals surface area contributed by atoms with E-state index in [0.717, 1.165) is 19.6 Å². The summed E-state index contributed by atoms with van der Waals surface area (Å²) in [7, 11) is 0. The summed E-state index contributed by atoms with van der Waals surface area (Å²) in [6.07, 6.45) is 1.43. The Bertz CT molecular complexity index is 550. The third kappa shape index (κ3) is 4.30. The quantitative estimate of drug-likeness (QED) is 0.822. The molecule has 0 unspecified atom stereocenters. The van der Waals surface area contributed by atoms with E-state index in [1.165, 1.54) is 22.3 Å². The number of hydrogen-bond acceptors (Lipinski definition) is 2. The molecule has 0 spiro atoms. The molecule has 1 saturated heterocycles. The topological polar surface area (TPSA) is 20.3 Å². The number of Topliss-reactive ketones (excluding diaryl/α,β-unsaturated/α-hetero) is 1. The Hall–Kier alpha value is -1.41. The molecular weight excluding hydrogens is 270 g/mol. The number of nitrogens with zero attached hydrogens (tertiary/aromatic N) is 1. The minimum absolute atomic E-state index is 0.200. The van der Waals surface area contributed by atoms with Gasteiger partial charge in [0.1, 0.15) is 5.78 Å². The van der Waals surface area contributed by atoms with Gasteiger partial charge in [0, 0.05) is 32.5 Å². The van der Waals surface area contributed by atoms with Crippen molar-refractivity contribution in [1.29, 1.82) is 0 Å². The summed E-state index contributed by atoms with van der Waals surface area (Å²) < 4.78 is 0. The van der Waals surface area contributed by atoms with Crippen molar-refractivity contribution >= 4 is 11.4 Å². The van der Waals surface area contributed by atoms with Gasteiger partial charge in [-0.05, 0) is 36.0 Å². The Kier molecular flexibility index (Phi) is 5.23. The molecule has 0 N–H and O–H groups in total. The van der Waals surface area contributed by atoms with Gasteiger partial charge in [0.2, 0.25) is 0 Å². The van der Waals surface area contributed by atoms with Crippen LogP contribution in [0.15, 0.2) is 29.8 Å². The molecule has 0 atom stereocenters. The number of likely N-dealkylation sites (tertiary alicyclic amines) is 1. The minimum atomic E-state index is 0.200. The molecule has 0 radical (unpaired) electrons. The molecule has 1 heterocycles. The van der Waals surface area contributed by atoms with E-state index in [1.54, 1.807) is 0 Å². The summed E-state index contributed by atoms with van der Waals surface area (Å²) in [4.78, 5) is 13.7. The number of carbonyl (C=O) groups is 1. The molecule has 120 valence electrons. The third-order valence-electron chi connectivity index (χ3n) is 4.70. The second kappa shape index (κ2) is 6.78. The van der Waals surface area contributed by atoms with Crippen LogP contribution in [0.25, 0.3) is 5.57 Å². The summed E-state index contributed by atoms with van der Waals surface area (Å²) in [6.45, 7) is 13.9. The van der Waals surface area contributed by atoms with E-state index in [9.17, 15) is 4.79 Å². The van der Waals surface area contributed by atoms with Crippen LogP contribution < -0.4 is 0 Å². The maximum atomic E-state index is 11.3. The normalized spacial score (nSPS) is 18.3. The lowest BCUT2D eigenvalue weighted by atomic mass is 9.86. The van der Waals surface area contributed by atoms with Gasteiger partial charge in [-0.15, -0.1) is 0 Å². The van der Waals surface area contributed by atoms with Crippen LogP contribution in [0.2, 0.25) is 0 Å². The lowest BCUT2D eigenvalue weighted by Gasteiger charge is -2.27. The van der Waals surface area contributed by atoms with Crippen molar-refractivity contribution in [1.82, 2.24) is 4.90 Å². The van der Waals surface area contributed by atoms with Gasteiger partial charge in [0.15, 0.2) is 0 Å². The van der Waals surface area contributed by atoms with Crippen LogP contribution >= 0.6 is 0 Å². The van der Waals surface area contributed by atoms with E-state index < -0.39 is 0 Å². The summed E-state index contributed by atoms with van der Waals surface area (Å²) in [5.74, 6) is 0.410. The lowest BCUT2D eigenvalue weighted by Crippen LogP contribution is -2.35. The van der Waals surface area contributed by atoms with Gasteiger partial charge >= 0.3 is 0 Å². The Labute approximate surface area is 135 Å². The van der Waals surface area contributed by atoms with Gasteiger partial charge in [-0.1, -0.05) is 50.6 Å². The van der Waals surface area contributed by atoms with Crippen LogP contribution in [-0.4, -0.2) is 30.3 Å². The van der Waals surface area contributed by atoms with E-state index in [4.69, 9.17) is 0 Å². The number of benzene rings is 1. The van der Waals surface area contributed by atoms with Crippen molar-refractivity contribution < 1.29 is 4.79 Å². The van der Waals surface area contributed by atoms with Gasteiger partial charge in [-0.2, -0.15) is 0 Å². The number of allylic oxidation sites excluding steroid dienone is 1. The fraction of sp³-hybridized carbons (Fsp3) is 0.550. The fourth-order valence-electron chi connectivity index (χ4n) is 2.88. The monoisotopic (exact) mass is 299 g/mol. The summed E-state index contributed by atoms with van der Waals surface area (Å²) >= 11 is 0. The predicted octanol–water partition coefficient (Wildman–Crippen LogP) is 4.44. The second-order valence-corrected chi connectivity index (χ2v) is 7.55. The van der Waals surface area contributed by atoms with E-state index in [2.05, 4.69) is 63.8 Å². The molecule has 0 aromatic heterocycles. The largest absolute Gasteiger partial charge is 0.300 e. The highest BCUT2D eigenvalue weighted by Crippen LogP contribution is 2.25. The number of piperidine rings is 1. The molecule has 2 heteroatoms. The van der Waals surface area contributed by atoms with Crippen molar-refractivity contribution in [3.05, 3.63) is 41.0 Å². The first kappa shape index (κ1) is 17.0. The molecule has 1 aromatic rings. The Morgan fingerprint density at radius 2 is 1.59 bits per heavy atom. The van der Waals surface area contributed by atoms with Crippen LogP contribution in [0, 0.1) is 0 Å². The molecule has 1 aliphatic rings. The smallest absolute Gasteiger partial charge is 0.135 e. The zero-order valence-corrected chi connectivity index (χ0v) is 14.7. The van der Waals surface area contributed by atoms with Gasteiger partial charge in [0.25, 0.3) is 0 Å². The van der Waals surface area contributed by atoms with Gasteiger partial charge in [-0.25, -0.2) is 0 Å². The maximum absolute atomic E-state index is 11.3. The molecular formula is C20H29NO. The number of rotatable bonds is 3. The van der Waals surface area contributed by atoms with Gasteiger partial charge < -0.3 is 0 Å². The van der Waals surface area contributed by atoms with Crippen molar-refractivity contribution in [3.8, 4) is 0 Å². The molecule has 2 nitrogen and oxygen atoms in total. The predicted molar refractivity (Wildman–Crippen MR) is 94.1 cm³/mol. The first-order valence-electron chi connectivity index (χ1n) is 8.28. The molecule has 1 aromatic carbocycles. The van der Waals surface area contributed by atoms with Crippen LogP contribution in [0.3, 0.4) is 0 Å². The average Bonchev–Trinajstić information content (AvgIpc) is 2.48. The highest BCUT2D eigenvalue weighted by atomic mass is 16.1. The average molecular weight is 299 g/mol. The van der Waals surface area contributed by atoms with Crippen molar-refractivity contribution in [2.45, 2.75) is 52.9 Å². The van der Waals surface area contributed by atoms with Crippen molar-refractivity contribution in [2.24, 2.45) is 0 Å². The van der Waals surface area contributed by atoms with Crippen LogP contribution in [0.1, 0.15) is 58.6 Å². The zero-order chi connectivity index (χ0) is 16.3. The first-order chi connectivity index (χ1) is 10.3. The van der Waals surface area contributed by atoms with Crippen LogP contribution in [0.4, 0.5) is 0 Å². The Balaban J connectivity index is 2.08. The molecule has 2 rings (SSSR count). The summed E-state index contributed by atoms with van der Waals surface area (Å²) in [5.41, 5.74) is 5.64.